The summed E-state index contributed by atoms with van der Waals surface area (Å²) in [5, 5.41) is 1.58. The van der Waals surface area contributed by atoms with Crippen LogP contribution in [0.4, 0.5) is 10.1 Å². The van der Waals surface area contributed by atoms with Crippen LogP contribution in [0.5, 0.6) is 0 Å². The molecule has 0 bridgehead atoms. The van der Waals surface area contributed by atoms with Crippen LogP contribution in [0.1, 0.15) is 5.56 Å². The van der Waals surface area contributed by atoms with E-state index in [1.54, 1.807) is 6.07 Å². The van der Waals surface area contributed by atoms with Gasteiger partial charge in [-0.1, -0.05) is 36.4 Å². The molecule has 0 aliphatic heterocycles. The van der Waals surface area contributed by atoms with Gasteiger partial charge >= 0.3 is 0 Å². The first-order valence-corrected chi connectivity index (χ1v) is 6.20. The third kappa shape index (κ3) is 1.95. The Bertz CT molecular complexity index is 762. The fourth-order valence-corrected chi connectivity index (χ4v) is 2.49. The van der Waals surface area contributed by atoms with Crippen LogP contribution in [0.3, 0.4) is 0 Å². The molecule has 3 rings (SSSR count). The van der Waals surface area contributed by atoms with Gasteiger partial charge in [-0.25, -0.2) is 4.39 Å². The van der Waals surface area contributed by atoms with Gasteiger partial charge < -0.3 is 5.73 Å². The molecule has 0 saturated heterocycles. The number of rotatable bonds is 1. The van der Waals surface area contributed by atoms with Gasteiger partial charge in [0, 0.05) is 11.1 Å². The molecule has 3 aromatic carbocycles. The molecule has 94 valence electrons. The maximum atomic E-state index is 13.8. The standard InChI is InChI=1S/C17H14FN/c1-11-10-12(19)6-7-13(11)15-8-9-17(18)16-5-3-2-4-14(15)16/h2-10H,19H2,1H3. The highest BCUT2D eigenvalue weighted by molar-refractivity contribution is 5.97. The molecule has 3 aromatic rings. The summed E-state index contributed by atoms with van der Waals surface area (Å²) in [6, 6.07) is 16.7. The first-order chi connectivity index (χ1) is 9.16. The van der Waals surface area contributed by atoms with E-state index in [9.17, 15) is 4.39 Å². The molecule has 0 atom stereocenters. The molecule has 1 nitrogen and oxygen atoms in total. The van der Waals surface area contributed by atoms with Gasteiger partial charge in [0.1, 0.15) is 5.82 Å². The van der Waals surface area contributed by atoms with Crippen LogP contribution in [0.25, 0.3) is 21.9 Å². The Balaban J connectivity index is 2.34. The van der Waals surface area contributed by atoms with E-state index in [-0.39, 0.29) is 5.82 Å². The molecule has 0 unspecified atom stereocenters. The molecule has 0 saturated carbocycles. The van der Waals surface area contributed by atoms with Crippen LogP contribution in [0, 0.1) is 12.7 Å². The highest BCUT2D eigenvalue weighted by atomic mass is 19.1. The first kappa shape index (κ1) is 11.7. The lowest BCUT2D eigenvalue weighted by atomic mass is 9.94. The zero-order chi connectivity index (χ0) is 13.4. The van der Waals surface area contributed by atoms with E-state index >= 15 is 0 Å². The summed E-state index contributed by atoms with van der Waals surface area (Å²) in [4.78, 5) is 0. The van der Waals surface area contributed by atoms with Crippen molar-refractivity contribution in [2.45, 2.75) is 6.92 Å². The van der Waals surface area contributed by atoms with Gasteiger partial charge in [0.05, 0.1) is 0 Å². The molecular formula is C17H14FN. The van der Waals surface area contributed by atoms with E-state index in [1.807, 2.05) is 49.4 Å². The summed E-state index contributed by atoms with van der Waals surface area (Å²) in [5.74, 6) is -0.188. The molecule has 0 amide bonds. The van der Waals surface area contributed by atoms with Gasteiger partial charge in [0.15, 0.2) is 0 Å². The van der Waals surface area contributed by atoms with Crippen molar-refractivity contribution in [1.29, 1.82) is 0 Å². The summed E-state index contributed by atoms with van der Waals surface area (Å²) in [6.45, 7) is 2.02. The summed E-state index contributed by atoms with van der Waals surface area (Å²) in [7, 11) is 0. The molecule has 2 heteroatoms. The van der Waals surface area contributed by atoms with Crippen molar-refractivity contribution in [3.8, 4) is 11.1 Å². The summed E-state index contributed by atoms with van der Waals surface area (Å²) < 4.78 is 13.8. The SMILES string of the molecule is Cc1cc(N)ccc1-c1ccc(F)c2ccccc12. The molecule has 0 heterocycles. The Kier molecular flexibility index (Phi) is 2.71. The van der Waals surface area contributed by atoms with Crippen molar-refractivity contribution in [2.24, 2.45) is 0 Å². The Morgan fingerprint density at radius 3 is 2.26 bits per heavy atom. The topological polar surface area (TPSA) is 26.0 Å². The molecular weight excluding hydrogens is 237 g/mol. The predicted molar refractivity (Wildman–Crippen MR) is 78.5 cm³/mol. The number of nitrogens with two attached hydrogens (primary N) is 1. The average Bonchev–Trinajstić information content (AvgIpc) is 2.41. The maximum absolute atomic E-state index is 13.8. The van der Waals surface area contributed by atoms with Crippen molar-refractivity contribution in [1.82, 2.24) is 0 Å². The molecule has 0 spiro atoms. The van der Waals surface area contributed by atoms with E-state index in [0.717, 1.165) is 27.8 Å². The normalized spacial score (nSPS) is 10.8. The molecule has 19 heavy (non-hydrogen) atoms. The molecule has 0 fully saturated rings. The van der Waals surface area contributed by atoms with Crippen molar-refractivity contribution in [3.05, 3.63) is 66.0 Å². The van der Waals surface area contributed by atoms with Gasteiger partial charge in [-0.2, -0.15) is 0 Å². The van der Waals surface area contributed by atoms with Crippen LogP contribution >= 0.6 is 0 Å². The van der Waals surface area contributed by atoms with Crippen LogP contribution in [0.15, 0.2) is 54.6 Å². The number of benzene rings is 3. The Morgan fingerprint density at radius 2 is 1.53 bits per heavy atom. The maximum Gasteiger partial charge on any atom is 0.131 e. The highest BCUT2D eigenvalue weighted by Crippen LogP contribution is 2.32. The third-order valence-corrected chi connectivity index (χ3v) is 3.41. The van der Waals surface area contributed by atoms with Gasteiger partial charge in [-0.3, -0.25) is 0 Å². The minimum absolute atomic E-state index is 0.188. The monoisotopic (exact) mass is 251 g/mol. The lowest BCUT2D eigenvalue weighted by molar-refractivity contribution is 0.640. The highest BCUT2D eigenvalue weighted by Gasteiger charge is 2.09. The van der Waals surface area contributed by atoms with Crippen molar-refractivity contribution in [3.63, 3.8) is 0 Å². The average molecular weight is 251 g/mol. The van der Waals surface area contributed by atoms with Crippen LogP contribution in [-0.4, -0.2) is 0 Å². The molecule has 0 aliphatic rings. The fourth-order valence-electron chi connectivity index (χ4n) is 2.49. The number of aryl methyl sites for hydroxylation is 1. The zero-order valence-corrected chi connectivity index (χ0v) is 10.7. The third-order valence-electron chi connectivity index (χ3n) is 3.41. The number of hydrogen-bond donors (Lipinski definition) is 1. The van der Waals surface area contributed by atoms with Gasteiger partial charge in [-0.15, -0.1) is 0 Å². The lowest BCUT2D eigenvalue weighted by Crippen LogP contribution is -1.90. The largest absolute Gasteiger partial charge is 0.399 e. The summed E-state index contributed by atoms with van der Waals surface area (Å²) in [6.07, 6.45) is 0. The number of fused-ring (bicyclic) bond motifs is 1. The second-order valence-electron chi connectivity index (χ2n) is 4.71. The Labute approximate surface area is 111 Å². The predicted octanol–water partition coefficient (Wildman–Crippen LogP) is 4.54. The van der Waals surface area contributed by atoms with E-state index in [0.29, 0.717) is 5.39 Å². The van der Waals surface area contributed by atoms with Gasteiger partial charge in [-0.05, 0) is 47.2 Å². The number of nitrogen functional groups attached to an aromatic ring is 1. The van der Waals surface area contributed by atoms with Crippen molar-refractivity contribution in [2.75, 3.05) is 5.73 Å². The van der Waals surface area contributed by atoms with Gasteiger partial charge in [0.2, 0.25) is 0 Å². The molecule has 0 radical (unpaired) electrons. The molecule has 2 N–H and O–H groups in total. The van der Waals surface area contributed by atoms with Gasteiger partial charge in [0.25, 0.3) is 0 Å². The van der Waals surface area contributed by atoms with E-state index < -0.39 is 0 Å². The number of halogens is 1. The van der Waals surface area contributed by atoms with Crippen LogP contribution < -0.4 is 5.73 Å². The smallest absolute Gasteiger partial charge is 0.131 e. The fraction of sp³-hybridized carbons (Fsp3) is 0.0588. The van der Waals surface area contributed by atoms with E-state index in [2.05, 4.69) is 0 Å². The van der Waals surface area contributed by atoms with E-state index in [1.165, 1.54) is 6.07 Å². The number of hydrogen-bond acceptors (Lipinski definition) is 1. The minimum Gasteiger partial charge on any atom is -0.399 e. The zero-order valence-electron chi connectivity index (χ0n) is 10.7. The quantitative estimate of drug-likeness (QED) is 0.631. The Morgan fingerprint density at radius 1 is 0.842 bits per heavy atom. The first-order valence-electron chi connectivity index (χ1n) is 6.20. The number of anilines is 1. The Hall–Kier alpha value is -2.35. The summed E-state index contributed by atoms with van der Waals surface area (Å²) in [5.41, 5.74) is 9.74. The minimum atomic E-state index is -0.188. The lowest BCUT2D eigenvalue weighted by Gasteiger charge is -2.11. The van der Waals surface area contributed by atoms with Crippen LogP contribution in [0.2, 0.25) is 0 Å². The van der Waals surface area contributed by atoms with E-state index in [4.69, 9.17) is 5.73 Å². The summed E-state index contributed by atoms with van der Waals surface area (Å²) >= 11 is 0. The van der Waals surface area contributed by atoms with Crippen LogP contribution in [-0.2, 0) is 0 Å². The van der Waals surface area contributed by atoms with Crippen molar-refractivity contribution < 1.29 is 4.39 Å². The second-order valence-corrected chi connectivity index (χ2v) is 4.71. The second kappa shape index (κ2) is 4.39. The van der Waals surface area contributed by atoms with Crippen molar-refractivity contribution >= 4 is 16.5 Å². The molecule has 0 aromatic heterocycles. The molecule has 0 aliphatic carbocycles.